The van der Waals surface area contributed by atoms with E-state index in [1.165, 1.54) is 24.1 Å². The molecule has 2 aromatic carbocycles. The van der Waals surface area contributed by atoms with E-state index < -0.39 is 23.6 Å². The molecule has 1 fully saturated rings. The van der Waals surface area contributed by atoms with Crippen LogP contribution in [-0.4, -0.2) is 54.0 Å². The lowest BCUT2D eigenvalue weighted by molar-refractivity contribution is -0.137. The minimum absolute atomic E-state index is 0.0978. The number of hydrogen-bond acceptors (Lipinski definition) is 6. The van der Waals surface area contributed by atoms with Crippen molar-refractivity contribution in [3.8, 4) is 5.75 Å². The summed E-state index contributed by atoms with van der Waals surface area (Å²) >= 11 is 1.51. The van der Waals surface area contributed by atoms with Gasteiger partial charge in [0.05, 0.1) is 5.56 Å². The highest BCUT2D eigenvalue weighted by atomic mass is 32.2. The minimum atomic E-state index is -4.37. The summed E-state index contributed by atoms with van der Waals surface area (Å²) in [5.41, 5.74) is 1.76. The van der Waals surface area contributed by atoms with E-state index in [1.54, 1.807) is 12.5 Å². The molecule has 3 N–H and O–H groups in total. The number of nitrogens with one attached hydrogen (secondary N) is 2. The van der Waals surface area contributed by atoms with E-state index in [2.05, 4.69) is 14.6 Å². The van der Waals surface area contributed by atoms with Gasteiger partial charge in [0.1, 0.15) is 23.6 Å². The number of carbonyl (C=O) groups is 1. The monoisotopic (exact) mass is 510 g/mol. The second-order valence-corrected chi connectivity index (χ2v) is 9.08. The van der Waals surface area contributed by atoms with Crippen LogP contribution in [0.15, 0.2) is 58.4 Å². The lowest BCUT2D eigenvalue weighted by Gasteiger charge is -2.32. The molecule has 1 unspecified atom stereocenters. The van der Waals surface area contributed by atoms with Crippen molar-refractivity contribution in [3.05, 3.63) is 59.7 Å². The first-order valence-corrected chi connectivity index (χ1v) is 12.0. The van der Waals surface area contributed by atoms with E-state index in [0.29, 0.717) is 49.6 Å². The summed E-state index contributed by atoms with van der Waals surface area (Å²) in [4.78, 5) is 17.6. The number of benzene rings is 2. The molecule has 2 aromatic rings. The summed E-state index contributed by atoms with van der Waals surface area (Å²) in [6.45, 7) is 3.87. The lowest BCUT2D eigenvalue weighted by atomic mass is 9.96. The Bertz CT molecular complexity index is 1010. The molecule has 3 rings (SSSR count). The van der Waals surface area contributed by atoms with Gasteiger partial charge in [-0.3, -0.25) is 15.0 Å². The van der Waals surface area contributed by atoms with E-state index in [0.717, 1.165) is 17.0 Å². The molecule has 0 bridgehead atoms. The Labute approximate surface area is 206 Å². The van der Waals surface area contributed by atoms with Gasteiger partial charge in [0.25, 0.3) is 5.91 Å². The zero-order valence-electron chi connectivity index (χ0n) is 19.5. The van der Waals surface area contributed by atoms with E-state index >= 15 is 0 Å². The maximum Gasteiger partial charge on any atom is 0.416 e. The quantitative estimate of drug-likeness (QED) is 0.160. The Morgan fingerprint density at radius 1 is 1.20 bits per heavy atom. The predicted octanol–water partition coefficient (Wildman–Crippen LogP) is 4.48. The largest absolute Gasteiger partial charge is 0.490 e. The fourth-order valence-electron chi connectivity index (χ4n) is 3.87. The predicted molar refractivity (Wildman–Crippen MR) is 129 cm³/mol. The van der Waals surface area contributed by atoms with Crippen molar-refractivity contribution in [3.63, 3.8) is 0 Å². The topological polar surface area (TPSA) is 86.2 Å². The number of hydrogen-bond donors (Lipinski definition) is 3. The Balaban J connectivity index is 1.65. The van der Waals surface area contributed by atoms with Crippen LogP contribution in [0.4, 0.5) is 13.2 Å². The van der Waals surface area contributed by atoms with Crippen LogP contribution >= 0.6 is 11.9 Å². The number of amidine groups is 1. The number of aliphatic imine (C=N–C) groups is 1. The third-order valence-corrected chi connectivity index (χ3v) is 6.78. The maximum absolute atomic E-state index is 12.8. The van der Waals surface area contributed by atoms with Crippen LogP contribution in [0.25, 0.3) is 0 Å². The van der Waals surface area contributed by atoms with E-state index in [1.807, 2.05) is 31.2 Å². The molecule has 35 heavy (non-hydrogen) atoms. The van der Waals surface area contributed by atoms with Crippen molar-refractivity contribution in [1.29, 1.82) is 0 Å². The highest BCUT2D eigenvalue weighted by Crippen LogP contribution is 2.35. The molecule has 0 spiro atoms. The highest BCUT2D eigenvalue weighted by Gasteiger charge is 2.31. The van der Waals surface area contributed by atoms with Gasteiger partial charge in [-0.25, -0.2) is 9.79 Å². The van der Waals surface area contributed by atoms with Crippen LogP contribution in [-0.2, 0) is 11.0 Å². The summed E-state index contributed by atoms with van der Waals surface area (Å²) in [7, 11) is 1.59. The summed E-state index contributed by atoms with van der Waals surface area (Å²) in [6, 6.07) is 12.2. The SMILES string of the molecule is CCNC(=NC)C(C(=O)NO)c1ccccc1SN1CCC(Oc2ccc(C(F)(F)F)cc2)CC1. The number of piperidine rings is 1. The van der Waals surface area contributed by atoms with Crippen LogP contribution in [0.5, 0.6) is 5.75 Å². The molecular formula is C24H29F3N4O3S. The number of hydroxylamine groups is 1. The van der Waals surface area contributed by atoms with Crippen molar-refractivity contribution in [2.24, 2.45) is 4.99 Å². The molecule has 190 valence electrons. The van der Waals surface area contributed by atoms with Gasteiger partial charge in [0.15, 0.2) is 0 Å². The fourth-order valence-corrected chi connectivity index (χ4v) is 4.97. The number of amides is 1. The maximum atomic E-state index is 12.8. The molecule has 1 amide bonds. The van der Waals surface area contributed by atoms with Gasteiger partial charge < -0.3 is 10.1 Å². The zero-order valence-corrected chi connectivity index (χ0v) is 20.3. The summed E-state index contributed by atoms with van der Waals surface area (Å²) < 4.78 is 46.3. The molecule has 7 nitrogen and oxygen atoms in total. The first kappa shape index (κ1) is 26.8. The Morgan fingerprint density at radius 2 is 1.86 bits per heavy atom. The van der Waals surface area contributed by atoms with Gasteiger partial charge in [0.2, 0.25) is 0 Å². The molecule has 11 heteroatoms. The van der Waals surface area contributed by atoms with Gasteiger partial charge in [-0.15, -0.1) is 0 Å². The van der Waals surface area contributed by atoms with E-state index in [4.69, 9.17) is 4.74 Å². The first-order valence-electron chi connectivity index (χ1n) is 11.3. The number of likely N-dealkylation sites (N-methyl/N-ethyl adjacent to an activating group) is 1. The third kappa shape index (κ3) is 7.12. The number of rotatable bonds is 8. The molecule has 1 saturated heterocycles. The Hall–Kier alpha value is -2.76. The second-order valence-electron chi connectivity index (χ2n) is 7.95. The van der Waals surface area contributed by atoms with Crippen LogP contribution in [0.1, 0.15) is 36.8 Å². The molecule has 1 heterocycles. The van der Waals surface area contributed by atoms with Gasteiger partial charge >= 0.3 is 6.18 Å². The van der Waals surface area contributed by atoms with Gasteiger partial charge in [-0.05, 0) is 67.6 Å². The number of nitrogens with zero attached hydrogens (tertiary/aromatic N) is 2. The first-order chi connectivity index (χ1) is 16.8. The van der Waals surface area contributed by atoms with Crippen LogP contribution in [0, 0.1) is 0 Å². The fraction of sp³-hybridized carbons (Fsp3) is 0.417. The van der Waals surface area contributed by atoms with Crippen molar-refractivity contribution in [2.75, 3.05) is 26.7 Å². The van der Waals surface area contributed by atoms with Crippen molar-refractivity contribution >= 4 is 23.7 Å². The van der Waals surface area contributed by atoms with Crippen molar-refractivity contribution in [2.45, 2.75) is 42.9 Å². The summed E-state index contributed by atoms with van der Waals surface area (Å²) in [6.07, 6.45) is -3.06. The van der Waals surface area contributed by atoms with Gasteiger partial charge in [0, 0.05) is 31.6 Å². The Kier molecular flexibility index (Phi) is 9.41. The lowest BCUT2D eigenvalue weighted by Crippen LogP contribution is -2.39. The normalized spacial score (nSPS) is 16.6. The molecule has 0 radical (unpaired) electrons. The number of alkyl halides is 3. The molecule has 0 aliphatic carbocycles. The van der Waals surface area contributed by atoms with Crippen LogP contribution in [0.2, 0.25) is 0 Å². The Morgan fingerprint density at radius 3 is 2.43 bits per heavy atom. The van der Waals surface area contributed by atoms with Crippen LogP contribution in [0.3, 0.4) is 0 Å². The average molecular weight is 511 g/mol. The van der Waals surface area contributed by atoms with E-state index in [-0.39, 0.29) is 6.10 Å². The standard InChI is InChI=1S/C24H29F3N4O3S/c1-3-29-22(28-2)21(23(32)30-33)19-6-4-5-7-20(19)35-31-14-12-18(13-15-31)34-17-10-8-16(9-11-17)24(25,26)27/h4-11,18,21,33H,3,12-15H2,1-2H3,(H,28,29)(H,30,32). The zero-order chi connectivity index (χ0) is 25.4. The summed E-state index contributed by atoms with van der Waals surface area (Å²) in [5, 5.41) is 12.4. The minimum Gasteiger partial charge on any atom is -0.490 e. The molecule has 1 aliphatic heterocycles. The molecule has 0 saturated carbocycles. The smallest absolute Gasteiger partial charge is 0.416 e. The third-order valence-electron chi connectivity index (χ3n) is 5.59. The molecular weight excluding hydrogens is 481 g/mol. The molecule has 1 atom stereocenters. The highest BCUT2D eigenvalue weighted by molar-refractivity contribution is 7.97. The average Bonchev–Trinajstić information content (AvgIpc) is 2.85. The van der Waals surface area contributed by atoms with Gasteiger partial charge in [-0.1, -0.05) is 18.2 Å². The number of halogens is 3. The second kappa shape index (κ2) is 12.3. The van der Waals surface area contributed by atoms with Crippen molar-refractivity contribution < 1.29 is 27.9 Å². The molecule has 1 aliphatic rings. The van der Waals surface area contributed by atoms with Crippen molar-refractivity contribution in [1.82, 2.24) is 15.1 Å². The number of carbonyl (C=O) groups excluding carboxylic acids is 1. The van der Waals surface area contributed by atoms with Gasteiger partial charge in [-0.2, -0.15) is 13.2 Å². The van der Waals surface area contributed by atoms with Crippen LogP contribution < -0.4 is 15.5 Å². The summed E-state index contributed by atoms with van der Waals surface area (Å²) in [5.74, 6) is -0.504. The number of ether oxygens (including phenoxy) is 1. The van der Waals surface area contributed by atoms with E-state index in [9.17, 15) is 23.2 Å². The molecule has 0 aromatic heterocycles.